The Balaban J connectivity index is 2.79. The molecule has 0 spiro atoms. The lowest BCUT2D eigenvalue weighted by molar-refractivity contribution is -0.169. The van der Waals surface area contributed by atoms with Crippen molar-refractivity contribution < 1.29 is 33.1 Å². The summed E-state index contributed by atoms with van der Waals surface area (Å²) in [5, 5.41) is 10.1. The Labute approximate surface area is 168 Å². The zero-order valence-electron chi connectivity index (χ0n) is 17.8. The van der Waals surface area contributed by atoms with E-state index in [1.807, 2.05) is 41.5 Å². The molecule has 1 unspecified atom stereocenters. The van der Waals surface area contributed by atoms with Crippen LogP contribution >= 0.6 is 7.60 Å². The Kier molecular flexibility index (Phi) is 8.33. The molecule has 1 rings (SSSR count). The molecule has 0 aliphatic carbocycles. The molecule has 0 bridgehead atoms. The largest absolute Gasteiger partial charge is 0.471 e. The fraction of sp³-hybridized carbons (Fsp3) is 0.737. The maximum absolute atomic E-state index is 13.4. The third-order valence-corrected chi connectivity index (χ3v) is 6.69. The predicted octanol–water partition coefficient (Wildman–Crippen LogP) is 4.66. The van der Waals surface area contributed by atoms with Gasteiger partial charge in [-0.2, -0.15) is 0 Å². The Morgan fingerprint density at radius 3 is 1.86 bits per heavy atom. The van der Waals surface area contributed by atoms with E-state index < -0.39 is 19.2 Å². The molecule has 28 heavy (non-hydrogen) atoms. The Morgan fingerprint density at radius 1 is 1.07 bits per heavy atom. The van der Waals surface area contributed by atoms with E-state index in [-0.39, 0.29) is 43.8 Å². The van der Waals surface area contributed by atoms with Crippen molar-refractivity contribution in [3.63, 3.8) is 0 Å². The number of carbonyl (C=O) groups is 1. The normalized spacial score (nSPS) is 18.8. The number of hydroxylamine groups is 2. The van der Waals surface area contributed by atoms with Gasteiger partial charge in [-0.25, -0.2) is 5.06 Å². The molecule has 8 nitrogen and oxygen atoms in total. The Bertz CT molecular complexity index is 597. The SMILES string of the molecule is C=C(OCOP(=O)(OCOC(=C)C(C)(C)C)C1CCN(O)C(=O)C1)C(C)(C)C. The monoisotopic (exact) mass is 419 g/mol. The molecule has 0 aromatic carbocycles. The average molecular weight is 419 g/mol. The van der Waals surface area contributed by atoms with E-state index in [0.29, 0.717) is 16.6 Å². The zero-order valence-corrected chi connectivity index (χ0v) is 18.7. The van der Waals surface area contributed by atoms with Crippen molar-refractivity contribution in [1.82, 2.24) is 5.06 Å². The fourth-order valence-electron chi connectivity index (χ4n) is 2.10. The third-order valence-electron chi connectivity index (χ3n) is 4.42. The number of amides is 1. The van der Waals surface area contributed by atoms with E-state index in [2.05, 4.69) is 13.2 Å². The van der Waals surface area contributed by atoms with Crippen LogP contribution in [0.2, 0.25) is 0 Å². The molecule has 9 heteroatoms. The molecule has 1 heterocycles. The van der Waals surface area contributed by atoms with Gasteiger partial charge in [0.2, 0.25) is 5.91 Å². The number of nitrogens with zero attached hydrogens (tertiary/aromatic N) is 1. The highest BCUT2D eigenvalue weighted by Gasteiger charge is 2.42. The van der Waals surface area contributed by atoms with E-state index in [9.17, 15) is 14.6 Å². The molecule has 0 aromatic heterocycles. The first-order valence-electron chi connectivity index (χ1n) is 9.19. The molecule has 0 radical (unpaired) electrons. The van der Waals surface area contributed by atoms with Crippen molar-refractivity contribution in [2.24, 2.45) is 10.8 Å². The van der Waals surface area contributed by atoms with E-state index in [1.54, 1.807) is 0 Å². The second-order valence-corrected chi connectivity index (χ2v) is 11.2. The fourth-order valence-corrected chi connectivity index (χ4v) is 3.80. The van der Waals surface area contributed by atoms with Crippen LogP contribution < -0.4 is 0 Å². The van der Waals surface area contributed by atoms with E-state index in [4.69, 9.17) is 18.5 Å². The molecule has 0 aromatic rings. The predicted molar refractivity (Wildman–Crippen MR) is 105 cm³/mol. The maximum atomic E-state index is 13.4. The summed E-state index contributed by atoms with van der Waals surface area (Å²) in [6, 6.07) is 0. The van der Waals surface area contributed by atoms with Crippen LogP contribution in [0.4, 0.5) is 0 Å². The molecule has 1 aliphatic heterocycles. The minimum atomic E-state index is -3.77. The van der Waals surface area contributed by atoms with Gasteiger partial charge in [0, 0.05) is 23.8 Å². The number of piperidine rings is 1. The topological polar surface area (TPSA) is 94.5 Å². The second kappa shape index (κ2) is 9.44. The van der Waals surface area contributed by atoms with Crippen molar-refractivity contribution in [2.75, 3.05) is 20.1 Å². The number of carbonyl (C=O) groups excluding carboxylic acids is 1. The van der Waals surface area contributed by atoms with Crippen molar-refractivity contribution >= 4 is 13.5 Å². The molecular formula is C19H34NO7P. The lowest BCUT2D eigenvalue weighted by Crippen LogP contribution is -2.39. The summed E-state index contributed by atoms with van der Waals surface area (Å²) in [5.41, 5.74) is -1.32. The summed E-state index contributed by atoms with van der Waals surface area (Å²) in [6.45, 7) is 18.6. The molecule has 1 saturated heterocycles. The number of rotatable bonds is 9. The van der Waals surface area contributed by atoms with Gasteiger partial charge in [-0.3, -0.25) is 23.6 Å². The summed E-state index contributed by atoms with van der Waals surface area (Å²) in [5.74, 6) is 0.402. The van der Waals surface area contributed by atoms with Gasteiger partial charge in [-0.05, 0) is 6.42 Å². The molecular weight excluding hydrogens is 385 g/mol. The summed E-state index contributed by atoms with van der Waals surface area (Å²) in [7, 11) is -3.77. The van der Waals surface area contributed by atoms with Gasteiger partial charge in [-0.1, -0.05) is 54.7 Å². The van der Waals surface area contributed by atoms with Gasteiger partial charge in [0.15, 0.2) is 13.6 Å². The highest BCUT2D eigenvalue weighted by Crippen LogP contribution is 2.56. The van der Waals surface area contributed by atoms with Crippen molar-refractivity contribution in [3.05, 3.63) is 24.7 Å². The number of hydrogen-bond acceptors (Lipinski definition) is 7. The summed E-state index contributed by atoms with van der Waals surface area (Å²) >= 11 is 0. The van der Waals surface area contributed by atoms with Crippen LogP contribution in [0.1, 0.15) is 54.4 Å². The standard InChI is InChI=1S/C19H34NO7P/c1-14(18(3,4)5)24-12-26-28(23,16-9-10-20(22)17(21)11-16)27-13-25-15(2)19(6,7)8/h16,22H,1-2,9-13H2,3-8H3. The average Bonchev–Trinajstić information content (AvgIpc) is 2.55. The van der Waals surface area contributed by atoms with Crippen molar-refractivity contribution in [1.29, 1.82) is 0 Å². The quantitative estimate of drug-likeness (QED) is 0.251. The summed E-state index contributed by atoms with van der Waals surface area (Å²) in [4.78, 5) is 11.8. The lowest BCUT2D eigenvalue weighted by Gasteiger charge is -2.32. The van der Waals surface area contributed by atoms with Crippen molar-refractivity contribution in [3.8, 4) is 0 Å². The third kappa shape index (κ3) is 7.24. The lowest BCUT2D eigenvalue weighted by atomic mass is 9.95. The smallest absolute Gasteiger partial charge is 0.340 e. The first-order chi connectivity index (χ1) is 12.7. The van der Waals surface area contributed by atoms with Crippen molar-refractivity contribution in [2.45, 2.75) is 60.0 Å². The van der Waals surface area contributed by atoms with Crippen LogP contribution in [0.3, 0.4) is 0 Å². The summed E-state index contributed by atoms with van der Waals surface area (Å²) < 4.78 is 35.2. The summed E-state index contributed by atoms with van der Waals surface area (Å²) in [6.07, 6.45) is 0.105. The van der Waals surface area contributed by atoms with E-state index in [1.165, 1.54) is 0 Å². The van der Waals surface area contributed by atoms with Gasteiger partial charge in [0.25, 0.3) is 0 Å². The van der Waals surface area contributed by atoms with Gasteiger partial charge >= 0.3 is 7.60 Å². The minimum Gasteiger partial charge on any atom is -0.471 e. The first-order valence-corrected chi connectivity index (χ1v) is 10.8. The zero-order chi connectivity index (χ0) is 21.8. The van der Waals surface area contributed by atoms with Gasteiger partial charge in [0.1, 0.15) is 0 Å². The molecule has 1 fully saturated rings. The van der Waals surface area contributed by atoms with Crippen LogP contribution in [0.15, 0.2) is 24.7 Å². The van der Waals surface area contributed by atoms with E-state index in [0.717, 1.165) is 0 Å². The van der Waals surface area contributed by atoms with Crippen LogP contribution in [0.25, 0.3) is 0 Å². The second-order valence-electron chi connectivity index (χ2n) is 8.83. The molecule has 1 N–H and O–H groups in total. The highest BCUT2D eigenvalue weighted by atomic mass is 31.2. The van der Waals surface area contributed by atoms with Crippen LogP contribution in [0, 0.1) is 10.8 Å². The molecule has 1 atom stereocenters. The van der Waals surface area contributed by atoms with Gasteiger partial charge in [-0.15, -0.1) is 0 Å². The highest BCUT2D eigenvalue weighted by molar-refractivity contribution is 7.54. The number of allylic oxidation sites excluding steroid dienone is 2. The van der Waals surface area contributed by atoms with Gasteiger partial charge in [0.05, 0.1) is 17.2 Å². The van der Waals surface area contributed by atoms with Crippen LogP contribution in [-0.4, -0.2) is 42.0 Å². The molecule has 1 amide bonds. The van der Waals surface area contributed by atoms with Crippen LogP contribution in [0.5, 0.6) is 0 Å². The first kappa shape index (κ1) is 24.7. The Morgan fingerprint density at radius 2 is 1.50 bits per heavy atom. The van der Waals surface area contributed by atoms with Crippen LogP contribution in [-0.2, 0) is 27.9 Å². The number of ether oxygens (including phenoxy) is 2. The van der Waals surface area contributed by atoms with E-state index >= 15 is 0 Å². The molecule has 162 valence electrons. The maximum Gasteiger partial charge on any atom is 0.340 e. The van der Waals surface area contributed by atoms with Gasteiger partial charge < -0.3 is 9.47 Å². The Hall–Kier alpha value is -1.34. The molecule has 0 saturated carbocycles. The molecule has 1 aliphatic rings. The minimum absolute atomic E-state index is 0.0469. The number of hydrogen-bond donors (Lipinski definition) is 1.